The van der Waals surface area contributed by atoms with Gasteiger partial charge in [-0.15, -0.1) is 0 Å². The zero-order valence-corrected chi connectivity index (χ0v) is 9.07. The molecule has 0 aliphatic heterocycles. The summed E-state index contributed by atoms with van der Waals surface area (Å²) in [6.45, 7) is 0. The van der Waals surface area contributed by atoms with Crippen LogP contribution in [0.3, 0.4) is 0 Å². The molecule has 0 spiro atoms. The lowest BCUT2D eigenvalue weighted by Gasteiger charge is -2.04. The van der Waals surface area contributed by atoms with Crippen LogP contribution in [0.1, 0.15) is 15.9 Å². The summed E-state index contributed by atoms with van der Waals surface area (Å²) in [6.07, 6.45) is 0. The summed E-state index contributed by atoms with van der Waals surface area (Å²) in [5.41, 5.74) is 0.147. The van der Waals surface area contributed by atoms with Crippen LogP contribution >= 0.6 is 0 Å². The molecule has 0 heterocycles. The maximum Gasteiger partial charge on any atom is 0.335 e. The lowest BCUT2D eigenvalue weighted by atomic mass is 10.1. The van der Waals surface area contributed by atoms with Gasteiger partial charge >= 0.3 is 5.97 Å². The first-order valence-electron chi connectivity index (χ1n) is 4.35. The van der Waals surface area contributed by atoms with E-state index in [9.17, 15) is 13.2 Å². The molecule has 0 aromatic heterocycles. The van der Waals surface area contributed by atoms with Crippen LogP contribution < -0.4 is 0 Å². The second kappa shape index (κ2) is 4.77. The average molecular weight is 239 g/mol. The Bertz CT molecular complexity index is 542. The highest BCUT2D eigenvalue weighted by Crippen LogP contribution is 2.12. The molecule has 16 heavy (non-hydrogen) atoms. The third-order valence-corrected chi connectivity index (χ3v) is 3.23. The Morgan fingerprint density at radius 1 is 1.38 bits per heavy atom. The number of hydrogen-bond acceptors (Lipinski definition) is 4. The number of benzene rings is 1. The lowest BCUT2D eigenvalue weighted by Crippen LogP contribution is -2.11. The minimum Gasteiger partial charge on any atom is -0.478 e. The van der Waals surface area contributed by atoms with Gasteiger partial charge in [-0.05, 0) is 11.6 Å². The van der Waals surface area contributed by atoms with Crippen LogP contribution in [0.4, 0.5) is 0 Å². The van der Waals surface area contributed by atoms with Crippen molar-refractivity contribution in [1.82, 2.24) is 0 Å². The molecule has 0 saturated carbocycles. The number of hydrogen-bond donors (Lipinski definition) is 1. The Labute approximate surface area is 92.9 Å². The van der Waals surface area contributed by atoms with E-state index in [4.69, 9.17) is 10.4 Å². The van der Waals surface area contributed by atoms with Crippen LogP contribution in [0, 0.1) is 11.3 Å². The molecule has 84 valence electrons. The van der Waals surface area contributed by atoms with Gasteiger partial charge in [-0.25, -0.2) is 13.2 Å². The summed E-state index contributed by atoms with van der Waals surface area (Å²) in [6, 6.07) is 7.38. The molecule has 6 heteroatoms. The Balaban J connectivity index is 3.08. The first-order chi connectivity index (χ1) is 7.46. The third kappa shape index (κ3) is 3.07. The Hall–Kier alpha value is -1.87. The van der Waals surface area contributed by atoms with Gasteiger partial charge in [-0.2, -0.15) is 5.26 Å². The van der Waals surface area contributed by atoms with E-state index in [1.54, 1.807) is 12.1 Å². The summed E-state index contributed by atoms with van der Waals surface area (Å²) < 4.78 is 22.7. The smallest absolute Gasteiger partial charge is 0.335 e. The minimum absolute atomic E-state index is 0.0518. The molecule has 0 atom stereocenters. The van der Waals surface area contributed by atoms with Crippen molar-refractivity contribution in [2.75, 3.05) is 5.75 Å². The third-order valence-electron chi connectivity index (χ3n) is 1.91. The van der Waals surface area contributed by atoms with Gasteiger partial charge in [0.05, 0.1) is 17.4 Å². The molecule has 1 aromatic rings. The molecular weight excluding hydrogens is 230 g/mol. The van der Waals surface area contributed by atoms with Crippen LogP contribution in [-0.2, 0) is 15.6 Å². The van der Waals surface area contributed by atoms with Crippen molar-refractivity contribution < 1.29 is 18.3 Å². The van der Waals surface area contributed by atoms with Gasteiger partial charge in [0.2, 0.25) is 0 Å². The van der Waals surface area contributed by atoms with Crippen LogP contribution in [0.5, 0.6) is 0 Å². The highest BCUT2D eigenvalue weighted by molar-refractivity contribution is 7.90. The monoisotopic (exact) mass is 239 g/mol. The number of carboxylic acids is 1. The van der Waals surface area contributed by atoms with E-state index in [1.807, 2.05) is 0 Å². The first kappa shape index (κ1) is 12.2. The van der Waals surface area contributed by atoms with E-state index in [2.05, 4.69) is 0 Å². The number of rotatable bonds is 4. The first-order valence-corrected chi connectivity index (χ1v) is 6.17. The summed E-state index contributed by atoms with van der Waals surface area (Å²) >= 11 is 0. The fourth-order valence-electron chi connectivity index (χ4n) is 1.24. The quantitative estimate of drug-likeness (QED) is 0.839. The Morgan fingerprint density at radius 3 is 2.56 bits per heavy atom. The van der Waals surface area contributed by atoms with Gasteiger partial charge in [0.1, 0.15) is 5.75 Å². The predicted molar refractivity (Wildman–Crippen MR) is 56.5 cm³/mol. The van der Waals surface area contributed by atoms with Gasteiger partial charge < -0.3 is 5.11 Å². The van der Waals surface area contributed by atoms with Crippen LogP contribution in [0.2, 0.25) is 0 Å². The molecule has 1 N–H and O–H groups in total. The number of nitrogens with zero attached hydrogens (tertiary/aromatic N) is 1. The van der Waals surface area contributed by atoms with Crippen molar-refractivity contribution in [1.29, 1.82) is 5.26 Å². The molecule has 0 aliphatic carbocycles. The zero-order valence-electron chi connectivity index (χ0n) is 8.25. The van der Waals surface area contributed by atoms with Crippen molar-refractivity contribution >= 4 is 15.8 Å². The van der Waals surface area contributed by atoms with Gasteiger partial charge in [-0.3, -0.25) is 0 Å². The molecule has 0 saturated heterocycles. The summed E-state index contributed by atoms with van der Waals surface area (Å²) in [7, 11) is -3.57. The molecule has 5 nitrogen and oxygen atoms in total. The summed E-state index contributed by atoms with van der Waals surface area (Å²) in [4.78, 5) is 10.8. The van der Waals surface area contributed by atoms with Crippen molar-refractivity contribution in [2.24, 2.45) is 0 Å². The number of aromatic carboxylic acids is 1. The molecule has 0 radical (unpaired) electrons. The van der Waals surface area contributed by atoms with Crippen LogP contribution in [-0.4, -0.2) is 25.2 Å². The molecule has 0 amide bonds. The zero-order chi connectivity index (χ0) is 12.2. The van der Waals surface area contributed by atoms with E-state index in [0.717, 1.165) is 0 Å². The highest BCUT2D eigenvalue weighted by Gasteiger charge is 2.16. The summed E-state index contributed by atoms with van der Waals surface area (Å²) in [5, 5.41) is 17.1. The maximum atomic E-state index is 11.4. The summed E-state index contributed by atoms with van der Waals surface area (Å²) in [5.74, 6) is -2.22. The minimum atomic E-state index is -3.57. The standard InChI is InChI=1S/C10H9NO4S/c11-5-6-16(14,15)7-8-3-1-2-4-9(8)10(12)13/h1-4H,6-7H2,(H,12,13). The fraction of sp³-hybridized carbons (Fsp3) is 0.200. The second-order valence-electron chi connectivity index (χ2n) is 3.15. The number of carboxylic acid groups (broad SMARTS) is 1. The fourth-order valence-corrected chi connectivity index (χ4v) is 2.27. The largest absolute Gasteiger partial charge is 0.478 e. The van der Waals surface area contributed by atoms with E-state index in [1.165, 1.54) is 18.2 Å². The molecular formula is C10H9NO4S. The maximum absolute atomic E-state index is 11.4. The topological polar surface area (TPSA) is 95.2 Å². The molecule has 0 fully saturated rings. The molecule has 1 rings (SSSR count). The second-order valence-corrected chi connectivity index (χ2v) is 5.22. The van der Waals surface area contributed by atoms with E-state index < -0.39 is 27.3 Å². The van der Waals surface area contributed by atoms with Crippen LogP contribution in [0.25, 0.3) is 0 Å². The van der Waals surface area contributed by atoms with Gasteiger partial charge in [0.25, 0.3) is 0 Å². The number of sulfone groups is 1. The predicted octanol–water partition coefficient (Wildman–Crippen LogP) is 0.823. The van der Waals surface area contributed by atoms with E-state index in [0.29, 0.717) is 0 Å². The molecule has 0 bridgehead atoms. The highest BCUT2D eigenvalue weighted by atomic mass is 32.2. The molecule has 0 unspecified atom stereocenters. The normalized spacial score (nSPS) is 10.7. The Kier molecular flexibility index (Phi) is 3.64. The number of carbonyl (C=O) groups is 1. The Morgan fingerprint density at radius 2 is 2.00 bits per heavy atom. The van der Waals surface area contributed by atoms with Crippen molar-refractivity contribution in [2.45, 2.75) is 5.75 Å². The van der Waals surface area contributed by atoms with Gasteiger partial charge in [0.15, 0.2) is 9.84 Å². The molecule has 0 aliphatic rings. The van der Waals surface area contributed by atoms with Gasteiger partial charge in [0, 0.05) is 0 Å². The number of nitriles is 1. The van der Waals surface area contributed by atoms with E-state index >= 15 is 0 Å². The van der Waals surface area contributed by atoms with Crippen LogP contribution in [0.15, 0.2) is 24.3 Å². The average Bonchev–Trinajstić information content (AvgIpc) is 2.17. The van der Waals surface area contributed by atoms with Crippen molar-refractivity contribution in [3.8, 4) is 6.07 Å². The van der Waals surface area contributed by atoms with Crippen molar-refractivity contribution in [3.63, 3.8) is 0 Å². The SMILES string of the molecule is N#CCS(=O)(=O)Cc1ccccc1C(=O)O. The van der Waals surface area contributed by atoms with E-state index in [-0.39, 0.29) is 11.1 Å². The molecule has 1 aromatic carbocycles. The van der Waals surface area contributed by atoms with Gasteiger partial charge in [-0.1, -0.05) is 18.2 Å². The van der Waals surface area contributed by atoms with Crippen molar-refractivity contribution in [3.05, 3.63) is 35.4 Å². The lowest BCUT2D eigenvalue weighted by molar-refractivity contribution is 0.0696.